The van der Waals surface area contributed by atoms with Crippen molar-refractivity contribution in [2.45, 2.75) is 20.4 Å². The Kier molecular flexibility index (Phi) is 5.94. The molecule has 0 amide bonds. The number of hydrogen-bond acceptors (Lipinski definition) is 3. The second-order valence-electron chi connectivity index (χ2n) is 3.90. The van der Waals surface area contributed by atoms with Gasteiger partial charge in [0.25, 0.3) is 0 Å². The van der Waals surface area contributed by atoms with Gasteiger partial charge in [0, 0.05) is 18.7 Å². The molecular weight excluding hydrogens is 230 g/mol. The molecule has 0 saturated heterocycles. The lowest BCUT2D eigenvalue weighted by atomic mass is 10.2. The molecule has 0 fully saturated rings. The largest absolute Gasteiger partial charge is 0.494 e. The van der Waals surface area contributed by atoms with Crippen LogP contribution in [0.4, 0.5) is 0 Å². The van der Waals surface area contributed by atoms with Crippen LogP contribution in [0.15, 0.2) is 35.9 Å². The normalized spacial score (nSPS) is 11.3. The Balaban J connectivity index is 2.42. The van der Waals surface area contributed by atoms with Gasteiger partial charge in [-0.1, -0.05) is 18.2 Å². The maximum atomic E-state index is 10.6. The van der Waals surface area contributed by atoms with Crippen molar-refractivity contribution < 1.29 is 14.6 Å². The fourth-order valence-corrected chi connectivity index (χ4v) is 1.44. The Morgan fingerprint density at radius 2 is 2.28 bits per heavy atom. The highest BCUT2D eigenvalue weighted by Crippen LogP contribution is 2.12. The third-order valence-electron chi connectivity index (χ3n) is 2.43. The number of carboxylic acids is 1. The van der Waals surface area contributed by atoms with Crippen LogP contribution in [0.5, 0.6) is 5.75 Å². The molecule has 0 aromatic heterocycles. The van der Waals surface area contributed by atoms with Crippen molar-refractivity contribution >= 4 is 5.97 Å². The summed E-state index contributed by atoms with van der Waals surface area (Å²) in [7, 11) is 0. The Morgan fingerprint density at radius 3 is 2.94 bits per heavy atom. The van der Waals surface area contributed by atoms with Crippen LogP contribution in [0.1, 0.15) is 19.4 Å². The summed E-state index contributed by atoms with van der Waals surface area (Å²) in [5.74, 6) is -0.0239. The Labute approximate surface area is 107 Å². The Morgan fingerprint density at radius 1 is 1.50 bits per heavy atom. The molecule has 0 heterocycles. The Hall–Kier alpha value is -1.81. The van der Waals surface area contributed by atoms with Crippen LogP contribution >= 0.6 is 0 Å². The number of carboxylic acid groups (broad SMARTS) is 1. The lowest BCUT2D eigenvalue weighted by molar-refractivity contribution is -0.132. The zero-order chi connectivity index (χ0) is 13.4. The van der Waals surface area contributed by atoms with E-state index < -0.39 is 5.97 Å². The standard InChI is InChI=1S/C14H19NO3/c1-3-18-13-6-4-5-12(9-13)10-15-8-7-11(2)14(16)17/h4-7,9,15H,3,8,10H2,1-2H3,(H,16,17)/b11-7-. The fourth-order valence-electron chi connectivity index (χ4n) is 1.44. The molecule has 0 aliphatic heterocycles. The van der Waals surface area contributed by atoms with Crippen LogP contribution in [-0.4, -0.2) is 24.2 Å². The van der Waals surface area contributed by atoms with Crippen molar-refractivity contribution in [2.24, 2.45) is 0 Å². The van der Waals surface area contributed by atoms with E-state index in [1.54, 1.807) is 13.0 Å². The van der Waals surface area contributed by atoms with Gasteiger partial charge in [0.2, 0.25) is 0 Å². The van der Waals surface area contributed by atoms with Crippen molar-refractivity contribution in [3.63, 3.8) is 0 Å². The number of carbonyl (C=O) groups is 1. The summed E-state index contributed by atoms with van der Waals surface area (Å²) in [6.07, 6.45) is 1.66. The highest BCUT2D eigenvalue weighted by atomic mass is 16.5. The lowest BCUT2D eigenvalue weighted by Gasteiger charge is -2.06. The van der Waals surface area contributed by atoms with Gasteiger partial charge in [0.05, 0.1) is 6.61 Å². The van der Waals surface area contributed by atoms with Crippen molar-refractivity contribution in [1.29, 1.82) is 0 Å². The third-order valence-corrected chi connectivity index (χ3v) is 2.43. The molecule has 1 aromatic carbocycles. The van der Waals surface area contributed by atoms with Crippen LogP contribution in [-0.2, 0) is 11.3 Å². The number of nitrogens with one attached hydrogen (secondary N) is 1. The van der Waals surface area contributed by atoms with Gasteiger partial charge in [0.15, 0.2) is 0 Å². The summed E-state index contributed by atoms with van der Waals surface area (Å²) in [5, 5.41) is 11.8. The first kappa shape index (κ1) is 14.3. The molecular formula is C14H19NO3. The van der Waals surface area contributed by atoms with Gasteiger partial charge in [-0.2, -0.15) is 0 Å². The smallest absolute Gasteiger partial charge is 0.330 e. The van der Waals surface area contributed by atoms with E-state index in [9.17, 15) is 4.79 Å². The van der Waals surface area contributed by atoms with E-state index >= 15 is 0 Å². The monoisotopic (exact) mass is 249 g/mol. The molecule has 2 N–H and O–H groups in total. The highest BCUT2D eigenvalue weighted by Gasteiger charge is 1.98. The molecule has 18 heavy (non-hydrogen) atoms. The van der Waals surface area contributed by atoms with E-state index in [-0.39, 0.29) is 0 Å². The zero-order valence-corrected chi connectivity index (χ0v) is 10.8. The average Bonchev–Trinajstić information content (AvgIpc) is 2.35. The van der Waals surface area contributed by atoms with E-state index in [1.807, 2.05) is 31.2 Å². The molecule has 0 saturated carbocycles. The summed E-state index contributed by atoms with van der Waals surface area (Å²) < 4.78 is 5.41. The minimum Gasteiger partial charge on any atom is -0.494 e. The first-order chi connectivity index (χ1) is 8.63. The molecule has 1 aromatic rings. The van der Waals surface area contributed by atoms with Crippen LogP contribution in [0.25, 0.3) is 0 Å². The first-order valence-electron chi connectivity index (χ1n) is 5.96. The topological polar surface area (TPSA) is 58.6 Å². The minimum atomic E-state index is -0.879. The van der Waals surface area contributed by atoms with Gasteiger partial charge in [-0.25, -0.2) is 4.79 Å². The maximum Gasteiger partial charge on any atom is 0.330 e. The SMILES string of the molecule is CCOc1cccc(CNC/C=C(/C)C(=O)O)c1. The number of benzene rings is 1. The van der Waals surface area contributed by atoms with E-state index in [1.165, 1.54) is 0 Å². The van der Waals surface area contributed by atoms with Crippen LogP contribution < -0.4 is 10.1 Å². The Bertz CT molecular complexity index is 427. The molecule has 0 bridgehead atoms. The molecule has 0 unspecified atom stereocenters. The second kappa shape index (κ2) is 7.50. The fraction of sp³-hybridized carbons (Fsp3) is 0.357. The quantitative estimate of drug-likeness (QED) is 0.574. The van der Waals surface area contributed by atoms with Crippen molar-refractivity contribution in [2.75, 3.05) is 13.2 Å². The van der Waals surface area contributed by atoms with Crippen molar-refractivity contribution in [3.8, 4) is 5.75 Å². The van der Waals surface area contributed by atoms with Gasteiger partial charge in [-0.15, -0.1) is 0 Å². The predicted molar refractivity (Wildman–Crippen MR) is 70.7 cm³/mol. The van der Waals surface area contributed by atoms with E-state index in [0.29, 0.717) is 25.3 Å². The first-order valence-corrected chi connectivity index (χ1v) is 5.96. The molecule has 0 atom stereocenters. The molecule has 0 spiro atoms. The van der Waals surface area contributed by atoms with Gasteiger partial charge < -0.3 is 15.2 Å². The second-order valence-corrected chi connectivity index (χ2v) is 3.90. The molecule has 1 rings (SSSR count). The van der Waals surface area contributed by atoms with Gasteiger partial charge in [0.1, 0.15) is 5.75 Å². The number of ether oxygens (including phenoxy) is 1. The van der Waals surface area contributed by atoms with E-state index in [2.05, 4.69) is 5.32 Å². The molecule has 0 aliphatic carbocycles. The summed E-state index contributed by atoms with van der Waals surface area (Å²) in [4.78, 5) is 10.6. The average molecular weight is 249 g/mol. The van der Waals surface area contributed by atoms with Crippen LogP contribution in [0, 0.1) is 0 Å². The summed E-state index contributed by atoms with van der Waals surface area (Å²) in [5.41, 5.74) is 1.47. The molecule has 0 radical (unpaired) electrons. The number of rotatable bonds is 7. The van der Waals surface area contributed by atoms with Gasteiger partial charge in [-0.3, -0.25) is 0 Å². The number of aliphatic carboxylic acids is 1. The molecule has 4 heteroatoms. The third kappa shape index (κ3) is 5.01. The maximum absolute atomic E-state index is 10.6. The van der Waals surface area contributed by atoms with Crippen LogP contribution in [0.3, 0.4) is 0 Å². The molecule has 0 aliphatic rings. The van der Waals surface area contributed by atoms with Gasteiger partial charge in [-0.05, 0) is 31.5 Å². The predicted octanol–water partition coefficient (Wildman–Crippen LogP) is 2.21. The van der Waals surface area contributed by atoms with Crippen molar-refractivity contribution in [1.82, 2.24) is 5.32 Å². The summed E-state index contributed by atoms with van der Waals surface area (Å²) in [6, 6.07) is 7.84. The van der Waals surface area contributed by atoms with Gasteiger partial charge >= 0.3 is 5.97 Å². The zero-order valence-electron chi connectivity index (χ0n) is 10.8. The highest BCUT2D eigenvalue weighted by molar-refractivity contribution is 5.85. The lowest BCUT2D eigenvalue weighted by Crippen LogP contribution is -2.14. The number of hydrogen-bond donors (Lipinski definition) is 2. The summed E-state index contributed by atoms with van der Waals surface area (Å²) in [6.45, 7) is 5.41. The summed E-state index contributed by atoms with van der Waals surface area (Å²) >= 11 is 0. The van der Waals surface area contributed by atoms with Crippen molar-refractivity contribution in [3.05, 3.63) is 41.5 Å². The molecule has 4 nitrogen and oxygen atoms in total. The van der Waals surface area contributed by atoms with E-state index in [0.717, 1.165) is 11.3 Å². The van der Waals surface area contributed by atoms with E-state index in [4.69, 9.17) is 9.84 Å². The molecule has 98 valence electrons. The van der Waals surface area contributed by atoms with Crippen LogP contribution in [0.2, 0.25) is 0 Å². The minimum absolute atomic E-state index is 0.352.